The molecule has 1 aliphatic rings. The molecular weight excluding hydrogens is 233 g/mol. The van der Waals surface area contributed by atoms with Crippen molar-refractivity contribution in [3.63, 3.8) is 0 Å². The zero-order valence-corrected chi connectivity index (χ0v) is 8.80. The van der Waals surface area contributed by atoms with Crippen molar-refractivity contribution >= 4 is 15.9 Å². The van der Waals surface area contributed by atoms with Crippen molar-refractivity contribution < 1.29 is 4.39 Å². The van der Waals surface area contributed by atoms with E-state index in [0.717, 1.165) is 24.0 Å². The number of hydrogen-bond donors (Lipinski definition) is 0. The van der Waals surface area contributed by atoms with E-state index in [-0.39, 0.29) is 5.82 Å². The molecule has 0 aromatic heterocycles. The maximum Gasteiger partial charge on any atom is 0.127 e. The van der Waals surface area contributed by atoms with Crippen LogP contribution in [0.3, 0.4) is 0 Å². The van der Waals surface area contributed by atoms with Crippen LogP contribution < -0.4 is 0 Å². The van der Waals surface area contributed by atoms with Gasteiger partial charge in [0.2, 0.25) is 0 Å². The Labute approximate surface area is 85.7 Å². The van der Waals surface area contributed by atoms with Crippen LogP contribution in [0, 0.1) is 5.82 Å². The molecule has 1 aromatic carbocycles. The summed E-state index contributed by atoms with van der Waals surface area (Å²) in [6, 6.07) is 7.58. The van der Waals surface area contributed by atoms with Crippen LogP contribution >= 0.6 is 15.9 Å². The van der Waals surface area contributed by atoms with Crippen LogP contribution in [0.5, 0.6) is 0 Å². The summed E-state index contributed by atoms with van der Waals surface area (Å²) in [5.74, 6) is -0.0947. The minimum atomic E-state index is -0.0947. The molecule has 1 unspecified atom stereocenters. The number of nitrogens with zero attached hydrogens (tertiary/aromatic N) is 1. The van der Waals surface area contributed by atoms with Gasteiger partial charge in [-0.15, -0.1) is 0 Å². The Kier molecular flexibility index (Phi) is 2.65. The fourth-order valence-corrected chi connectivity index (χ4v) is 2.02. The van der Waals surface area contributed by atoms with E-state index in [0.29, 0.717) is 6.04 Å². The van der Waals surface area contributed by atoms with Gasteiger partial charge in [0.25, 0.3) is 0 Å². The molecule has 0 amide bonds. The maximum atomic E-state index is 13.2. The molecular formula is C10H11BrFN. The molecule has 1 heterocycles. The van der Waals surface area contributed by atoms with Gasteiger partial charge in [-0.3, -0.25) is 4.90 Å². The average molecular weight is 244 g/mol. The molecule has 1 fully saturated rings. The molecule has 2 atom stereocenters. The van der Waals surface area contributed by atoms with E-state index in [1.54, 1.807) is 6.07 Å². The molecule has 13 heavy (non-hydrogen) atoms. The fourth-order valence-electron chi connectivity index (χ4n) is 1.41. The van der Waals surface area contributed by atoms with E-state index in [4.69, 9.17) is 0 Å². The summed E-state index contributed by atoms with van der Waals surface area (Å²) in [5.41, 5.74) is 0.797. The molecule has 0 saturated carbocycles. The van der Waals surface area contributed by atoms with Crippen molar-refractivity contribution in [1.29, 1.82) is 0 Å². The minimum absolute atomic E-state index is 0.0947. The molecule has 1 saturated heterocycles. The first-order valence-corrected chi connectivity index (χ1v) is 5.47. The van der Waals surface area contributed by atoms with Gasteiger partial charge >= 0.3 is 0 Å². The van der Waals surface area contributed by atoms with Crippen molar-refractivity contribution in [1.82, 2.24) is 4.90 Å². The monoisotopic (exact) mass is 243 g/mol. The van der Waals surface area contributed by atoms with Crippen LogP contribution in [0.25, 0.3) is 0 Å². The molecule has 2 rings (SSSR count). The minimum Gasteiger partial charge on any atom is -0.292 e. The lowest BCUT2D eigenvalue weighted by molar-refractivity contribution is 0.494. The van der Waals surface area contributed by atoms with Gasteiger partial charge in [0.05, 0.1) is 0 Å². The largest absolute Gasteiger partial charge is 0.292 e. The summed E-state index contributed by atoms with van der Waals surface area (Å²) in [5, 5.41) is 0.988. The predicted octanol–water partition coefficient (Wildman–Crippen LogP) is 2.40. The lowest BCUT2D eigenvalue weighted by Gasteiger charge is -2.03. The Bertz CT molecular complexity index is 303. The lowest BCUT2D eigenvalue weighted by Crippen LogP contribution is -2.04. The van der Waals surface area contributed by atoms with Crippen LogP contribution in [0.1, 0.15) is 5.56 Å². The van der Waals surface area contributed by atoms with Crippen LogP contribution in [0.15, 0.2) is 24.3 Å². The van der Waals surface area contributed by atoms with Gasteiger partial charge in [0.15, 0.2) is 0 Å². The Morgan fingerprint density at radius 2 is 2.23 bits per heavy atom. The first-order chi connectivity index (χ1) is 6.31. The number of hydrogen-bond acceptors (Lipinski definition) is 1. The summed E-state index contributed by atoms with van der Waals surface area (Å²) >= 11 is 3.41. The van der Waals surface area contributed by atoms with Gasteiger partial charge in [-0.05, 0) is 6.07 Å². The topological polar surface area (TPSA) is 3.01 Å². The zero-order valence-electron chi connectivity index (χ0n) is 7.21. The molecule has 1 nitrogen and oxygen atoms in total. The molecule has 0 N–H and O–H groups in total. The normalized spacial score (nSPS) is 26.0. The summed E-state index contributed by atoms with van der Waals surface area (Å²) in [7, 11) is 0. The summed E-state index contributed by atoms with van der Waals surface area (Å²) in [6.07, 6.45) is 0. The van der Waals surface area contributed by atoms with Gasteiger partial charge in [-0.2, -0.15) is 0 Å². The number of alkyl halides is 1. The molecule has 70 valence electrons. The average Bonchev–Trinajstić information content (AvgIpc) is 2.88. The highest BCUT2D eigenvalue weighted by molar-refractivity contribution is 9.09. The van der Waals surface area contributed by atoms with Crippen LogP contribution in [0.4, 0.5) is 4.39 Å². The highest BCUT2D eigenvalue weighted by Crippen LogP contribution is 2.23. The third-order valence-electron chi connectivity index (χ3n) is 2.34. The predicted molar refractivity (Wildman–Crippen MR) is 54.4 cm³/mol. The third-order valence-corrected chi connectivity index (χ3v) is 3.08. The first kappa shape index (κ1) is 9.16. The Balaban J connectivity index is 1.99. The van der Waals surface area contributed by atoms with Crippen molar-refractivity contribution in [3.8, 4) is 0 Å². The van der Waals surface area contributed by atoms with E-state index >= 15 is 0 Å². The Morgan fingerprint density at radius 1 is 1.46 bits per heavy atom. The molecule has 0 bridgehead atoms. The van der Waals surface area contributed by atoms with Crippen molar-refractivity contribution in [2.45, 2.75) is 12.6 Å². The molecule has 0 spiro atoms. The number of rotatable bonds is 3. The fraction of sp³-hybridized carbons (Fsp3) is 0.400. The molecule has 0 aliphatic carbocycles. The van der Waals surface area contributed by atoms with E-state index in [2.05, 4.69) is 20.8 Å². The highest BCUT2D eigenvalue weighted by Gasteiger charge is 2.32. The second-order valence-electron chi connectivity index (χ2n) is 3.33. The SMILES string of the molecule is Fc1ccccc1CN1C[C@H]1CBr. The smallest absolute Gasteiger partial charge is 0.127 e. The summed E-state index contributed by atoms with van der Waals surface area (Å²) < 4.78 is 13.2. The summed E-state index contributed by atoms with van der Waals surface area (Å²) in [4.78, 5) is 2.24. The van der Waals surface area contributed by atoms with Gasteiger partial charge in [-0.25, -0.2) is 4.39 Å². The van der Waals surface area contributed by atoms with Crippen molar-refractivity contribution in [2.75, 3.05) is 11.9 Å². The standard InChI is InChI=1S/C10H11BrFN/c11-5-9-7-13(9)6-8-3-1-2-4-10(8)12/h1-4,9H,5-7H2/t9-,13?/m1/s1. The first-order valence-electron chi connectivity index (χ1n) is 4.34. The van der Waals surface area contributed by atoms with E-state index in [1.807, 2.05) is 12.1 Å². The summed E-state index contributed by atoms with van der Waals surface area (Å²) in [6.45, 7) is 1.82. The number of halogens is 2. The van der Waals surface area contributed by atoms with Crippen molar-refractivity contribution in [3.05, 3.63) is 35.6 Å². The Hall–Kier alpha value is -0.410. The second-order valence-corrected chi connectivity index (χ2v) is 3.98. The number of benzene rings is 1. The maximum absolute atomic E-state index is 13.2. The quantitative estimate of drug-likeness (QED) is 0.582. The van der Waals surface area contributed by atoms with Crippen LogP contribution in [0.2, 0.25) is 0 Å². The zero-order chi connectivity index (χ0) is 9.26. The van der Waals surface area contributed by atoms with Crippen LogP contribution in [-0.4, -0.2) is 22.8 Å². The van der Waals surface area contributed by atoms with Crippen molar-refractivity contribution in [2.24, 2.45) is 0 Å². The van der Waals surface area contributed by atoms with Gasteiger partial charge in [-0.1, -0.05) is 34.1 Å². The van der Waals surface area contributed by atoms with E-state index in [1.165, 1.54) is 6.07 Å². The molecule has 1 aromatic rings. The van der Waals surface area contributed by atoms with Gasteiger partial charge in [0, 0.05) is 30.0 Å². The van der Waals surface area contributed by atoms with E-state index in [9.17, 15) is 4.39 Å². The van der Waals surface area contributed by atoms with Crippen LogP contribution in [-0.2, 0) is 6.54 Å². The lowest BCUT2D eigenvalue weighted by atomic mass is 10.2. The van der Waals surface area contributed by atoms with Gasteiger partial charge in [0.1, 0.15) is 5.82 Å². The molecule has 1 aliphatic heterocycles. The third kappa shape index (κ3) is 2.09. The molecule has 0 radical (unpaired) electrons. The highest BCUT2D eigenvalue weighted by atomic mass is 79.9. The van der Waals surface area contributed by atoms with E-state index < -0.39 is 0 Å². The molecule has 3 heteroatoms. The second kappa shape index (κ2) is 3.76. The Morgan fingerprint density at radius 3 is 2.85 bits per heavy atom. The van der Waals surface area contributed by atoms with Gasteiger partial charge < -0.3 is 0 Å².